The van der Waals surface area contributed by atoms with E-state index < -0.39 is 10.0 Å². The molecule has 2 aliphatic rings. The SMILES string of the molecule is CC(C)n1cnc(S(=O)(=O)N2CCCC2Cn2nc3c(cc2=O)CSCC3)c1. The largest absolute Gasteiger partial charge is 0.334 e. The highest BCUT2D eigenvalue weighted by molar-refractivity contribution is 7.98. The Kier molecular flexibility index (Phi) is 5.36. The molecular weight excluding hydrogens is 398 g/mol. The number of hydrogen-bond acceptors (Lipinski definition) is 6. The van der Waals surface area contributed by atoms with Crippen molar-refractivity contribution in [3.05, 3.63) is 40.2 Å². The van der Waals surface area contributed by atoms with Gasteiger partial charge in [-0.15, -0.1) is 0 Å². The van der Waals surface area contributed by atoms with Gasteiger partial charge in [-0.05, 0) is 38.0 Å². The summed E-state index contributed by atoms with van der Waals surface area (Å²) in [4.78, 5) is 16.6. The van der Waals surface area contributed by atoms with Gasteiger partial charge in [0.1, 0.15) is 0 Å². The van der Waals surface area contributed by atoms with Gasteiger partial charge in [-0.25, -0.2) is 18.1 Å². The van der Waals surface area contributed by atoms with E-state index in [4.69, 9.17) is 0 Å². The molecule has 10 heteroatoms. The van der Waals surface area contributed by atoms with E-state index in [1.165, 1.54) is 8.99 Å². The number of hydrogen-bond donors (Lipinski definition) is 0. The summed E-state index contributed by atoms with van der Waals surface area (Å²) in [5.74, 6) is 1.82. The normalized spacial score (nSPS) is 20.6. The van der Waals surface area contributed by atoms with E-state index >= 15 is 0 Å². The molecule has 1 unspecified atom stereocenters. The molecule has 0 radical (unpaired) electrons. The Labute approximate surface area is 169 Å². The zero-order valence-corrected chi connectivity index (χ0v) is 17.7. The lowest BCUT2D eigenvalue weighted by molar-refractivity contribution is 0.333. The zero-order chi connectivity index (χ0) is 19.9. The number of aryl methyl sites for hydroxylation is 1. The van der Waals surface area contributed by atoms with Crippen LogP contribution in [-0.4, -0.2) is 50.4 Å². The molecule has 1 saturated heterocycles. The molecule has 28 heavy (non-hydrogen) atoms. The second kappa shape index (κ2) is 7.64. The highest BCUT2D eigenvalue weighted by atomic mass is 32.2. The summed E-state index contributed by atoms with van der Waals surface area (Å²) in [5.41, 5.74) is 1.81. The monoisotopic (exact) mass is 423 g/mol. The Hall–Kier alpha value is -1.65. The van der Waals surface area contributed by atoms with E-state index in [1.807, 2.05) is 13.8 Å². The summed E-state index contributed by atoms with van der Waals surface area (Å²) in [6, 6.07) is 1.52. The minimum absolute atomic E-state index is 0.0656. The van der Waals surface area contributed by atoms with Crippen molar-refractivity contribution in [3.63, 3.8) is 0 Å². The lowest BCUT2D eigenvalue weighted by Gasteiger charge is -2.24. The number of thioether (sulfide) groups is 1. The first-order valence-corrected chi connectivity index (χ1v) is 12.2. The lowest BCUT2D eigenvalue weighted by Crippen LogP contribution is -2.41. The van der Waals surface area contributed by atoms with Crippen LogP contribution in [0, 0.1) is 0 Å². The average molecular weight is 424 g/mol. The van der Waals surface area contributed by atoms with E-state index in [-0.39, 0.29) is 29.2 Å². The zero-order valence-electron chi connectivity index (χ0n) is 16.1. The molecule has 0 amide bonds. The Morgan fingerprint density at radius 1 is 1.36 bits per heavy atom. The summed E-state index contributed by atoms with van der Waals surface area (Å²) in [6.45, 7) is 4.67. The van der Waals surface area contributed by atoms with E-state index in [0.717, 1.165) is 35.6 Å². The maximum atomic E-state index is 13.1. The number of imidazole rings is 1. The number of fused-ring (bicyclic) bond motifs is 1. The van der Waals surface area contributed by atoms with Crippen molar-refractivity contribution in [3.8, 4) is 0 Å². The maximum Gasteiger partial charge on any atom is 0.267 e. The fourth-order valence-electron chi connectivity index (χ4n) is 3.74. The third-order valence-electron chi connectivity index (χ3n) is 5.36. The fraction of sp³-hybridized carbons (Fsp3) is 0.611. The highest BCUT2D eigenvalue weighted by Gasteiger charge is 2.37. The second-order valence-corrected chi connectivity index (χ2v) is 10.5. The van der Waals surface area contributed by atoms with Crippen molar-refractivity contribution < 1.29 is 8.42 Å². The van der Waals surface area contributed by atoms with Crippen LogP contribution in [0.5, 0.6) is 0 Å². The first kappa shape index (κ1) is 19.7. The smallest absolute Gasteiger partial charge is 0.267 e. The molecule has 2 aliphatic heterocycles. The van der Waals surface area contributed by atoms with Gasteiger partial charge in [-0.2, -0.15) is 21.2 Å². The van der Waals surface area contributed by atoms with Crippen LogP contribution in [0.4, 0.5) is 0 Å². The Morgan fingerprint density at radius 3 is 2.93 bits per heavy atom. The molecule has 1 atom stereocenters. The van der Waals surface area contributed by atoms with Gasteiger partial charge in [0.25, 0.3) is 15.6 Å². The van der Waals surface area contributed by atoms with Crippen LogP contribution in [0.15, 0.2) is 28.4 Å². The van der Waals surface area contributed by atoms with Crippen LogP contribution >= 0.6 is 11.8 Å². The molecule has 0 aliphatic carbocycles. The minimum Gasteiger partial charge on any atom is -0.334 e. The Bertz CT molecular complexity index is 1030. The highest BCUT2D eigenvalue weighted by Crippen LogP contribution is 2.27. The van der Waals surface area contributed by atoms with Crippen molar-refractivity contribution in [1.29, 1.82) is 0 Å². The average Bonchev–Trinajstić information content (AvgIpc) is 3.32. The first-order valence-electron chi connectivity index (χ1n) is 9.59. The topological polar surface area (TPSA) is 90.1 Å². The van der Waals surface area contributed by atoms with Gasteiger partial charge >= 0.3 is 0 Å². The third kappa shape index (κ3) is 3.65. The second-order valence-electron chi connectivity index (χ2n) is 7.60. The van der Waals surface area contributed by atoms with Crippen molar-refractivity contribution in [2.45, 2.75) is 62.5 Å². The quantitative estimate of drug-likeness (QED) is 0.727. The third-order valence-corrected chi connectivity index (χ3v) is 8.20. The predicted molar refractivity (Wildman–Crippen MR) is 108 cm³/mol. The van der Waals surface area contributed by atoms with E-state index in [9.17, 15) is 13.2 Å². The van der Waals surface area contributed by atoms with Gasteiger partial charge < -0.3 is 4.57 Å². The molecule has 0 aromatic carbocycles. The Balaban J connectivity index is 1.59. The van der Waals surface area contributed by atoms with Crippen molar-refractivity contribution >= 4 is 21.8 Å². The lowest BCUT2D eigenvalue weighted by atomic mass is 10.2. The molecule has 0 saturated carbocycles. The maximum absolute atomic E-state index is 13.1. The van der Waals surface area contributed by atoms with Gasteiger partial charge in [0, 0.05) is 43.1 Å². The molecule has 2 aromatic rings. The summed E-state index contributed by atoms with van der Waals surface area (Å²) in [6.07, 6.45) is 5.46. The van der Waals surface area contributed by atoms with Gasteiger partial charge in [0.2, 0.25) is 0 Å². The summed E-state index contributed by atoms with van der Waals surface area (Å²) >= 11 is 1.81. The van der Waals surface area contributed by atoms with Crippen molar-refractivity contribution in [2.75, 3.05) is 12.3 Å². The van der Waals surface area contributed by atoms with Gasteiger partial charge in [-0.3, -0.25) is 4.79 Å². The first-order chi connectivity index (χ1) is 13.4. The van der Waals surface area contributed by atoms with E-state index in [1.54, 1.807) is 34.9 Å². The van der Waals surface area contributed by atoms with Gasteiger partial charge in [-0.1, -0.05) is 0 Å². The molecule has 4 rings (SSSR count). The Morgan fingerprint density at radius 2 is 2.18 bits per heavy atom. The molecule has 0 spiro atoms. The number of rotatable bonds is 5. The predicted octanol–water partition coefficient (Wildman–Crippen LogP) is 1.66. The van der Waals surface area contributed by atoms with E-state index in [0.29, 0.717) is 13.0 Å². The van der Waals surface area contributed by atoms with Crippen LogP contribution in [-0.2, 0) is 28.7 Å². The van der Waals surface area contributed by atoms with Gasteiger partial charge in [0.15, 0.2) is 5.03 Å². The molecule has 8 nitrogen and oxygen atoms in total. The molecule has 2 aromatic heterocycles. The van der Waals surface area contributed by atoms with Crippen LogP contribution in [0.2, 0.25) is 0 Å². The summed E-state index contributed by atoms with van der Waals surface area (Å²) < 4.78 is 31.0. The van der Waals surface area contributed by atoms with Crippen LogP contribution in [0.25, 0.3) is 0 Å². The number of sulfonamides is 1. The molecule has 0 bridgehead atoms. The number of aromatic nitrogens is 4. The van der Waals surface area contributed by atoms with Gasteiger partial charge in [0.05, 0.1) is 18.6 Å². The minimum atomic E-state index is -3.70. The number of nitrogens with zero attached hydrogens (tertiary/aromatic N) is 5. The van der Waals surface area contributed by atoms with E-state index in [2.05, 4.69) is 10.1 Å². The van der Waals surface area contributed by atoms with Crippen molar-refractivity contribution in [1.82, 2.24) is 23.6 Å². The van der Waals surface area contributed by atoms with Crippen molar-refractivity contribution in [2.24, 2.45) is 0 Å². The van der Waals surface area contributed by atoms with Crippen LogP contribution < -0.4 is 5.56 Å². The standard InChI is InChI=1S/C18H25N5O3S2/c1-13(2)21-10-17(19-12-21)28(25,26)23-6-3-4-15(23)9-22-18(24)8-14-11-27-7-5-16(14)20-22/h8,10,12-13,15H,3-7,9,11H2,1-2H3. The summed E-state index contributed by atoms with van der Waals surface area (Å²) in [5, 5.41) is 4.61. The molecule has 0 N–H and O–H groups in total. The molecule has 152 valence electrons. The van der Waals surface area contributed by atoms with Crippen LogP contribution in [0.3, 0.4) is 0 Å². The van der Waals surface area contributed by atoms with Crippen LogP contribution in [0.1, 0.15) is 44.0 Å². The molecule has 1 fully saturated rings. The molecular formula is C18H25N5O3S2. The summed E-state index contributed by atoms with van der Waals surface area (Å²) in [7, 11) is -3.70. The fourth-order valence-corrected chi connectivity index (χ4v) is 6.31. The molecule has 4 heterocycles.